The molecule has 0 aliphatic rings. The molecular weight excluding hydrogens is 436 g/mol. The molecule has 0 saturated heterocycles. The zero-order valence-electron chi connectivity index (χ0n) is 21.3. The molecule has 2 amide bonds. The number of nitrogens with one attached hydrogen (secondary N) is 1. The zero-order chi connectivity index (χ0) is 25.4. The lowest BCUT2D eigenvalue weighted by atomic mass is 9.98. The molecule has 0 saturated carbocycles. The number of nitrogens with zero attached hydrogens (tertiary/aromatic N) is 1. The van der Waals surface area contributed by atoms with Crippen LogP contribution in [0.1, 0.15) is 62.1 Å². The molecule has 5 heteroatoms. The highest BCUT2D eigenvalue weighted by Crippen LogP contribution is 2.28. The number of hydrogen-bond donors (Lipinski definition) is 1. The van der Waals surface area contributed by atoms with Crippen LogP contribution >= 0.6 is 0 Å². The molecule has 1 N–H and O–H groups in total. The predicted octanol–water partition coefficient (Wildman–Crippen LogP) is 5.78. The third-order valence-corrected chi connectivity index (χ3v) is 5.82. The lowest BCUT2D eigenvalue weighted by molar-refractivity contribution is -0.134. The molecule has 184 valence electrons. The van der Waals surface area contributed by atoms with Crippen molar-refractivity contribution in [2.45, 2.75) is 65.0 Å². The van der Waals surface area contributed by atoms with Crippen molar-refractivity contribution in [3.8, 4) is 0 Å². The van der Waals surface area contributed by atoms with Crippen molar-refractivity contribution in [1.82, 2.24) is 10.2 Å². The summed E-state index contributed by atoms with van der Waals surface area (Å²) in [5.74, 6) is -0.462. The smallest absolute Gasteiger partial charge is 0.255 e. The molecular formula is C30H36N2O3. The van der Waals surface area contributed by atoms with Crippen molar-refractivity contribution >= 4 is 11.8 Å². The van der Waals surface area contributed by atoms with E-state index < -0.39 is 17.7 Å². The summed E-state index contributed by atoms with van der Waals surface area (Å²) in [6, 6.07) is 27.5. The van der Waals surface area contributed by atoms with Crippen LogP contribution in [0.2, 0.25) is 0 Å². The van der Waals surface area contributed by atoms with Gasteiger partial charge in [-0.3, -0.25) is 9.59 Å². The van der Waals surface area contributed by atoms with E-state index >= 15 is 0 Å². The summed E-state index contributed by atoms with van der Waals surface area (Å²) in [5.41, 5.74) is 2.01. The van der Waals surface area contributed by atoms with Gasteiger partial charge in [0, 0.05) is 11.1 Å². The van der Waals surface area contributed by atoms with E-state index in [0.717, 1.165) is 11.1 Å². The summed E-state index contributed by atoms with van der Waals surface area (Å²) in [6.07, 6.45) is -0.559. The van der Waals surface area contributed by atoms with Crippen molar-refractivity contribution in [3.63, 3.8) is 0 Å². The van der Waals surface area contributed by atoms with Crippen LogP contribution in [-0.4, -0.2) is 34.4 Å². The zero-order valence-corrected chi connectivity index (χ0v) is 21.3. The minimum absolute atomic E-state index is 0.217. The van der Waals surface area contributed by atoms with Crippen LogP contribution in [0, 0.1) is 0 Å². The van der Waals surface area contributed by atoms with Gasteiger partial charge in [-0.05, 0) is 57.9 Å². The van der Waals surface area contributed by atoms with E-state index in [4.69, 9.17) is 4.74 Å². The van der Waals surface area contributed by atoms with Crippen LogP contribution in [0.25, 0.3) is 0 Å². The molecule has 0 bridgehead atoms. The lowest BCUT2D eigenvalue weighted by Crippen LogP contribution is -2.58. The fraction of sp³-hybridized carbons (Fsp3) is 0.333. The standard InChI is InChI=1S/C30H36N2O3/c1-22(25-17-11-7-12-18-25)32(29(34)26-19-13-8-14-20-26)27(28(33)31-30(3,4)5)23(2)35-21-24-15-9-6-10-16-24/h6-20,22-23,27H,21H2,1-5H3,(H,31,33)/t22-,23-,27-/m1/s1. The van der Waals surface area contributed by atoms with Crippen LogP contribution in [0.5, 0.6) is 0 Å². The molecule has 0 fully saturated rings. The number of ether oxygens (including phenoxy) is 1. The van der Waals surface area contributed by atoms with Crippen LogP contribution in [0.4, 0.5) is 0 Å². The van der Waals surface area contributed by atoms with E-state index in [9.17, 15) is 9.59 Å². The second-order valence-electron chi connectivity index (χ2n) is 9.85. The Kier molecular flexibility index (Phi) is 8.83. The summed E-state index contributed by atoms with van der Waals surface area (Å²) < 4.78 is 6.22. The van der Waals surface area contributed by atoms with Crippen LogP contribution in [-0.2, 0) is 16.1 Å². The Hall–Kier alpha value is -3.44. The topological polar surface area (TPSA) is 58.6 Å². The molecule has 0 unspecified atom stereocenters. The Morgan fingerprint density at radius 2 is 1.34 bits per heavy atom. The molecule has 3 atom stereocenters. The van der Waals surface area contributed by atoms with Gasteiger partial charge >= 0.3 is 0 Å². The average molecular weight is 473 g/mol. The molecule has 0 aliphatic heterocycles. The van der Waals surface area contributed by atoms with Gasteiger partial charge in [0.15, 0.2) is 0 Å². The Bertz CT molecular complexity index is 1080. The number of carbonyl (C=O) groups is 2. The van der Waals surface area contributed by atoms with Gasteiger partial charge in [0.25, 0.3) is 5.91 Å². The Labute approximate surface area is 209 Å². The third kappa shape index (κ3) is 7.27. The van der Waals surface area contributed by atoms with E-state index in [1.165, 1.54) is 0 Å². The normalized spacial score (nSPS) is 14.0. The SMILES string of the molecule is C[C@H](c1ccccc1)N(C(=O)c1ccccc1)[C@@H](C(=O)NC(C)(C)C)[C@@H](C)OCc1ccccc1. The van der Waals surface area contributed by atoms with Gasteiger partial charge in [-0.1, -0.05) is 78.9 Å². The van der Waals surface area contributed by atoms with Crippen molar-refractivity contribution < 1.29 is 14.3 Å². The largest absolute Gasteiger partial charge is 0.371 e. The van der Waals surface area contributed by atoms with Gasteiger partial charge < -0.3 is 15.0 Å². The van der Waals surface area contributed by atoms with Crippen LogP contribution in [0.3, 0.4) is 0 Å². The molecule has 3 aromatic carbocycles. The molecule has 3 aromatic rings. The predicted molar refractivity (Wildman–Crippen MR) is 140 cm³/mol. The van der Waals surface area contributed by atoms with Gasteiger partial charge in [-0.15, -0.1) is 0 Å². The number of hydrogen-bond acceptors (Lipinski definition) is 3. The van der Waals surface area contributed by atoms with Crippen molar-refractivity contribution in [1.29, 1.82) is 0 Å². The lowest BCUT2D eigenvalue weighted by Gasteiger charge is -2.40. The molecule has 0 spiro atoms. The molecule has 5 nitrogen and oxygen atoms in total. The molecule has 0 aliphatic carbocycles. The molecule has 0 aromatic heterocycles. The first-order chi connectivity index (χ1) is 16.7. The highest BCUT2D eigenvalue weighted by molar-refractivity contribution is 5.98. The van der Waals surface area contributed by atoms with E-state index in [1.54, 1.807) is 17.0 Å². The van der Waals surface area contributed by atoms with Gasteiger partial charge in [-0.2, -0.15) is 0 Å². The Morgan fingerprint density at radius 3 is 1.89 bits per heavy atom. The number of carbonyl (C=O) groups excluding carboxylic acids is 2. The first-order valence-corrected chi connectivity index (χ1v) is 12.1. The monoisotopic (exact) mass is 472 g/mol. The Morgan fingerprint density at radius 1 is 0.829 bits per heavy atom. The summed E-state index contributed by atoms with van der Waals surface area (Å²) in [7, 11) is 0. The van der Waals surface area contributed by atoms with E-state index in [-0.39, 0.29) is 17.9 Å². The number of benzene rings is 3. The number of amides is 2. The average Bonchev–Trinajstić information content (AvgIpc) is 2.85. The van der Waals surface area contributed by atoms with E-state index in [0.29, 0.717) is 12.2 Å². The summed E-state index contributed by atoms with van der Waals surface area (Å²) in [6.45, 7) is 9.95. The highest BCUT2D eigenvalue weighted by atomic mass is 16.5. The second kappa shape index (κ2) is 11.8. The van der Waals surface area contributed by atoms with Crippen molar-refractivity contribution in [2.75, 3.05) is 0 Å². The van der Waals surface area contributed by atoms with Gasteiger partial charge in [-0.25, -0.2) is 0 Å². The highest BCUT2D eigenvalue weighted by Gasteiger charge is 2.39. The fourth-order valence-corrected chi connectivity index (χ4v) is 4.07. The van der Waals surface area contributed by atoms with Crippen molar-refractivity contribution in [2.24, 2.45) is 0 Å². The van der Waals surface area contributed by atoms with Gasteiger partial charge in [0.2, 0.25) is 5.91 Å². The Balaban J connectivity index is 2.02. The maximum atomic E-state index is 13.9. The fourth-order valence-electron chi connectivity index (χ4n) is 4.07. The minimum Gasteiger partial charge on any atom is -0.371 e. The van der Waals surface area contributed by atoms with E-state index in [2.05, 4.69) is 5.32 Å². The summed E-state index contributed by atoms with van der Waals surface area (Å²) in [5, 5.41) is 3.08. The first kappa shape index (κ1) is 26.2. The molecule has 0 radical (unpaired) electrons. The van der Waals surface area contributed by atoms with Crippen LogP contribution in [0.15, 0.2) is 91.0 Å². The molecule has 35 heavy (non-hydrogen) atoms. The second-order valence-corrected chi connectivity index (χ2v) is 9.85. The quantitative estimate of drug-likeness (QED) is 0.430. The maximum absolute atomic E-state index is 13.9. The minimum atomic E-state index is -0.846. The maximum Gasteiger partial charge on any atom is 0.255 e. The van der Waals surface area contributed by atoms with Gasteiger partial charge in [0.05, 0.1) is 18.8 Å². The van der Waals surface area contributed by atoms with Gasteiger partial charge in [0.1, 0.15) is 6.04 Å². The summed E-state index contributed by atoms with van der Waals surface area (Å²) in [4.78, 5) is 29.3. The van der Waals surface area contributed by atoms with E-state index in [1.807, 2.05) is 113 Å². The first-order valence-electron chi connectivity index (χ1n) is 12.1. The molecule has 0 heterocycles. The number of rotatable bonds is 9. The van der Waals surface area contributed by atoms with Crippen LogP contribution < -0.4 is 5.32 Å². The third-order valence-electron chi connectivity index (χ3n) is 5.82. The van der Waals surface area contributed by atoms with Crippen molar-refractivity contribution in [3.05, 3.63) is 108 Å². The molecule has 3 rings (SSSR count). The summed E-state index contributed by atoms with van der Waals surface area (Å²) >= 11 is 0.